The number of nitrogens with two attached hydrogens (primary N) is 1. The molecule has 8 heteroatoms. The number of urea groups is 1. The lowest BCUT2D eigenvalue weighted by molar-refractivity contribution is -0.128. The van der Waals surface area contributed by atoms with Crippen LogP contribution in [0.1, 0.15) is 18.0 Å². The zero-order valence-corrected chi connectivity index (χ0v) is 12.9. The molecule has 1 atom stereocenters. The van der Waals surface area contributed by atoms with Crippen molar-refractivity contribution in [3.05, 3.63) is 29.8 Å². The minimum Gasteiger partial charge on any atom is -0.497 e. The number of hydrogen-bond donors (Lipinski definition) is 3. The maximum atomic E-state index is 12.4. The van der Waals surface area contributed by atoms with E-state index in [-0.39, 0.29) is 24.8 Å². The van der Waals surface area contributed by atoms with Crippen molar-refractivity contribution in [1.82, 2.24) is 15.5 Å². The molecule has 4 N–H and O–H groups in total. The first kappa shape index (κ1) is 16.8. The molecule has 0 aromatic heterocycles. The Hall–Kier alpha value is -2.61. The first-order valence-corrected chi connectivity index (χ1v) is 7.29. The lowest BCUT2D eigenvalue weighted by Gasteiger charge is -2.13. The average Bonchev–Trinajstić information content (AvgIpc) is 2.85. The molecule has 8 nitrogen and oxygen atoms in total. The third-order valence-corrected chi connectivity index (χ3v) is 3.50. The van der Waals surface area contributed by atoms with Gasteiger partial charge in [-0.15, -0.1) is 0 Å². The number of benzene rings is 1. The summed E-state index contributed by atoms with van der Waals surface area (Å²) in [4.78, 5) is 36.9. The van der Waals surface area contributed by atoms with Crippen LogP contribution >= 0.6 is 0 Å². The fourth-order valence-electron chi connectivity index (χ4n) is 2.27. The molecule has 1 aromatic rings. The van der Waals surface area contributed by atoms with E-state index in [4.69, 9.17) is 10.5 Å². The fraction of sp³-hybridized carbons (Fsp3) is 0.400. The molecule has 1 aromatic carbocycles. The van der Waals surface area contributed by atoms with Gasteiger partial charge in [-0.1, -0.05) is 12.1 Å². The van der Waals surface area contributed by atoms with Crippen LogP contribution in [-0.4, -0.2) is 49.5 Å². The summed E-state index contributed by atoms with van der Waals surface area (Å²) in [6.07, 6.45) is 0.0501. The van der Waals surface area contributed by atoms with Crippen molar-refractivity contribution in [2.75, 3.05) is 26.7 Å². The molecular formula is C15H20N4O4. The van der Waals surface area contributed by atoms with Gasteiger partial charge in [-0.05, 0) is 17.7 Å². The molecule has 1 aliphatic rings. The van der Waals surface area contributed by atoms with Crippen LogP contribution < -0.4 is 21.1 Å². The maximum absolute atomic E-state index is 12.4. The second kappa shape index (κ2) is 7.59. The third-order valence-electron chi connectivity index (χ3n) is 3.50. The van der Waals surface area contributed by atoms with Crippen LogP contribution in [0.15, 0.2) is 24.3 Å². The van der Waals surface area contributed by atoms with E-state index in [2.05, 4.69) is 10.6 Å². The maximum Gasteiger partial charge on any atom is 0.325 e. The molecule has 0 saturated carbocycles. The Bertz CT molecular complexity index is 588. The molecule has 0 bridgehead atoms. The first-order valence-electron chi connectivity index (χ1n) is 7.29. The Morgan fingerprint density at radius 3 is 2.65 bits per heavy atom. The average molecular weight is 320 g/mol. The number of imide groups is 1. The van der Waals surface area contributed by atoms with Gasteiger partial charge in [0.25, 0.3) is 5.91 Å². The number of hydrogen-bond acceptors (Lipinski definition) is 5. The molecule has 1 aliphatic heterocycles. The van der Waals surface area contributed by atoms with E-state index in [0.29, 0.717) is 24.4 Å². The van der Waals surface area contributed by atoms with E-state index in [9.17, 15) is 14.4 Å². The van der Waals surface area contributed by atoms with Gasteiger partial charge in [0.2, 0.25) is 5.91 Å². The molecule has 1 saturated heterocycles. The van der Waals surface area contributed by atoms with E-state index < -0.39 is 12.1 Å². The van der Waals surface area contributed by atoms with Gasteiger partial charge in [0.05, 0.1) is 7.11 Å². The van der Waals surface area contributed by atoms with Crippen molar-refractivity contribution < 1.29 is 19.1 Å². The van der Waals surface area contributed by atoms with E-state index in [1.165, 1.54) is 0 Å². The second-order valence-electron chi connectivity index (χ2n) is 5.03. The summed E-state index contributed by atoms with van der Waals surface area (Å²) in [6.45, 7) is 0.746. The lowest BCUT2D eigenvalue weighted by atomic mass is 10.1. The number of carbonyl (C=O) groups excluding carboxylic acids is 3. The standard InChI is InChI=1S/C15H20N4O4/c1-23-11-4-2-10(3-5-11)13-14(21)19(15(22)18-13)9-6-12(20)17-8-7-16/h2-5,13H,6-9,16H2,1H3,(H,17,20)(H,18,22). The van der Waals surface area contributed by atoms with Gasteiger partial charge >= 0.3 is 6.03 Å². The Labute approximate surface area is 134 Å². The molecule has 4 amide bonds. The van der Waals surface area contributed by atoms with Crippen molar-refractivity contribution in [3.63, 3.8) is 0 Å². The highest BCUT2D eigenvalue weighted by molar-refractivity contribution is 6.04. The zero-order chi connectivity index (χ0) is 16.8. The normalized spacial score (nSPS) is 17.1. The Balaban J connectivity index is 1.97. The smallest absolute Gasteiger partial charge is 0.325 e. The Morgan fingerprint density at radius 1 is 1.35 bits per heavy atom. The number of amides is 4. The molecule has 0 aliphatic carbocycles. The van der Waals surface area contributed by atoms with E-state index in [1.807, 2.05) is 0 Å². The van der Waals surface area contributed by atoms with Crippen molar-refractivity contribution >= 4 is 17.8 Å². The molecule has 2 rings (SSSR count). The third kappa shape index (κ3) is 3.98. The SMILES string of the molecule is COc1ccc(C2NC(=O)N(CCC(=O)NCCN)C2=O)cc1. The molecule has 1 unspecified atom stereocenters. The molecular weight excluding hydrogens is 300 g/mol. The van der Waals surface area contributed by atoms with Crippen molar-refractivity contribution in [2.45, 2.75) is 12.5 Å². The number of nitrogens with zero attached hydrogens (tertiary/aromatic N) is 1. The molecule has 0 radical (unpaired) electrons. The van der Waals surface area contributed by atoms with Crippen molar-refractivity contribution in [3.8, 4) is 5.75 Å². The Kier molecular flexibility index (Phi) is 5.53. The van der Waals surface area contributed by atoms with Crippen molar-refractivity contribution in [1.29, 1.82) is 0 Å². The summed E-state index contributed by atoms with van der Waals surface area (Å²) in [7, 11) is 1.55. The number of methoxy groups -OCH3 is 1. The summed E-state index contributed by atoms with van der Waals surface area (Å²) in [5, 5.41) is 5.21. The van der Waals surface area contributed by atoms with Crippen molar-refractivity contribution in [2.24, 2.45) is 5.73 Å². The highest BCUT2D eigenvalue weighted by Gasteiger charge is 2.38. The molecule has 23 heavy (non-hydrogen) atoms. The first-order chi connectivity index (χ1) is 11.1. The Morgan fingerprint density at radius 2 is 2.04 bits per heavy atom. The summed E-state index contributed by atoms with van der Waals surface area (Å²) in [6, 6.07) is 5.65. The van der Waals surface area contributed by atoms with Crippen LogP contribution in [0.3, 0.4) is 0 Å². The zero-order valence-electron chi connectivity index (χ0n) is 12.9. The second-order valence-corrected chi connectivity index (χ2v) is 5.03. The summed E-state index contributed by atoms with van der Waals surface area (Å²) >= 11 is 0. The van der Waals surface area contributed by atoms with E-state index in [1.54, 1.807) is 31.4 Å². The summed E-state index contributed by atoms with van der Waals surface area (Å²) in [5.74, 6) is 0.0506. The minimum atomic E-state index is -0.736. The van der Waals surface area contributed by atoms with Gasteiger partial charge in [0.15, 0.2) is 0 Å². The largest absolute Gasteiger partial charge is 0.497 e. The van der Waals surface area contributed by atoms with E-state index >= 15 is 0 Å². The predicted octanol–water partition coefficient (Wildman–Crippen LogP) is -0.247. The molecule has 0 spiro atoms. The highest BCUT2D eigenvalue weighted by Crippen LogP contribution is 2.23. The molecule has 1 heterocycles. The molecule has 1 fully saturated rings. The quantitative estimate of drug-likeness (QED) is 0.600. The summed E-state index contributed by atoms with van der Waals surface area (Å²) < 4.78 is 5.06. The summed E-state index contributed by atoms with van der Waals surface area (Å²) in [5.41, 5.74) is 5.96. The van der Waals surface area contributed by atoms with Crippen LogP contribution in [-0.2, 0) is 9.59 Å². The topological polar surface area (TPSA) is 114 Å². The lowest BCUT2D eigenvalue weighted by Crippen LogP contribution is -2.36. The van der Waals surface area contributed by atoms with Gasteiger partial charge < -0.3 is 21.1 Å². The van der Waals surface area contributed by atoms with Gasteiger partial charge in [-0.2, -0.15) is 0 Å². The predicted molar refractivity (Wildman–Crippen MR) is 82.7 cm³/mol. The monoisotopic (exact) mass is 320 g/mol. The fourth-order valence-corrected chi connectivity index (χ4v) is 2.27. The van der Waals surface area contributed by atoms with Crippen LogP contribution in [0.2, 0.25) is 0 Å². The van der Waals surface area contributed by atoms with Crippen LogP contribution in [0.4, 0.5) is 4.79 Å². The number of rotatable bonds is 7. The number of ether oxygens (including phenoxy) is 1. The highest BCUT2D eigenvalue weighted by atomic mass is 16.5. The van der Waals surface area contributed by atoms with Gasteiger partial charge in [0.1, 0.15) is 11.8 Å². The minimum absolute atomic E-state index is 0.0354. The van der Waals surface area contributed by atoms with Gasteiger partial charge in [0, 0.05) is 26.1 Å². The van der Waals surface area contributed by atoms with Crippen LogP contribution in [0.25, 0.3) is 0 Å². The van der Waals surface area contributed by atoms with Gasteiger partial charge in [-0.25, -0.2) is 4.79 Å². The van der Waals surface area contributed by atoms with Gasteiger partial charge in [-0.3, -0.25) is 14.5 Å². The molecule has 124 valence electrons. The number of carbonyl (C=O) groups is 3. The van der Waals surface area contributed by atoms with E-state index in [0.717, 1.165) is 4.90 Å². The van der Waals surface area contributed by atoms with Crippen LogP contribution in [0.5, 0.6) is 5.75 Å². The van der Waals surface area contributed by atoms with Crippen LogP contribution in [0, 0.1) is 0 Å². The number of nitrogens with one attached hydrogen (secondary N) is 2.